The van der Waals surface area contributed by atoms with Crippen molar-refractivity contribution in [2.75, 3.05) is 18.0 Å². The first kappa shape index (κ1) is 16.8. The lowest BCUT2D eigenvalue weighted by atomic mass is 10.2. The molecular weight excluding hydrogens is 267 g/mol. The van der Waals surface area contributed by atoms with Crippen molar-refractivity contribution in [3.63, 3.8) is 0 Å². The van der Waals surface area contributed by atoms with Crippen LogP contribution in [0.15, 0.2) is 12.1 Å². The molecule has 6 heteroatoms. The highest BCUT2D eigenvalue weighted by Crippen LogP contribution is 2.24. The predicted molar refractivity (Wildman–Crippen MR) is 74.9 cm³/mol. The number of rotatable bonds is 6. The third-order valence-corrected chi connectivity index (χ3v) is 2.85. The van der Waals surface area contributed by atoms with Gasteiger partial charge in [-0.05, 0) is 45.0 Å². The van der Waals surface area contributed by atoms with Crippen LogP contribution >= 0.6 is 0 Å². The number of anilines is 1. The Morgan fingerprint density at radius 1 is 1.30 bits per heavy atom. The van der Waals surface area contributed by atoms with Crippen LogP contribution < -0.4 is 10.2 Å². The number of pyridine rings is 1. The molecule has 0 amide bonds. The van der Waals surface area contributed by atoms with Crippen LogP contribution in [0.25, 0.3) is 0 Å². The van der Waals surface area contributed by atoms with Crippen molar-refractivity contribution in [1.29, 1.82) is 0 Å². The van der Waals surface area contributed by atoms with Crippen LogP contribution in [0.4, 0.5) is 19.0 Å². The van der Waals surface area contributed by atoms with Gasteiger partial charge in [0.25, 0.3) is 0 Å². The molecule has 1 aromatic heterocycles. The van der Waals surface area contributed by atoms with Gasteiger partial charge < -0.3 is 10.2 Å². The largest absolute Gasteiger partial charge is 0.405 e. The van der Waals surface area contributed by atoms with Gasteiger partial charge in [-0.2, -0.15) is 13.2 Å². The molecule has 1 N–H and O–H groups in total. The van der Waals surface area contributed by atoms with Gasteiger partial charge in [0.05, 0.1) is 0 Å². The van der Waals surface area contributed by atoms with Crippen molar-refractivity contribution >= 4 is 5.82 Å². The first-order valence-corrected chi connectivity index (χ1v) is 6.74. The van der Waals surface area contributed by atoms with Gasteiger partial charge in [0.15, 0.2) is 0 Å². The van der Waals surface area contributed by atoms with E-state index in [-0.39, 0.29) is 6.04 Å². The van der Waals surface area contributed by atoms with Crippen LogP contribution in [0.5, 0.6) is 0 Å². The summed E-state index contributed by atoms with van der Waals surface area (Å²) in [7, 11) is 0. The molecule has 0 fully saturated rings. The van der Waals surface area contributed by atoms with Gasteiger partial charge >= 0.3 is 6.18 Å². The minimum Gasteiger partial charge on any atom is -0.345 e. The summed E-state index contributed by atoms with van der Waals surface area (Å²) in [5.41, 5.74) is 1.67. The highest BCUT2D eigenvalue weighted by Gasteiger charge is 2.32. The predicted octanol–water partition coefficient (Wildman–Crippen LogP) is 3.28. The van der Waals surface area contributed by atoms with E-state index in [2.05, 4.69) is 10.3 Å². The SMILES string of the molecule is CCNCc1cc(C)nc(N(CC(F)(F)F)C(C)C)c1. The van der Waals surface area contributed by atoms with E-state index in [9.17, 15) is 13.2 Å². The van der Waals surface area contributed by atoms with E-state index in [1.54, 1.807) is 26.8 Å². The third-order valence-electron chi connectivity index (χ3n) is 2.85. The number of hydrogen-bond acceptors (Lipinski definition) is 3. The summed E-state index contributed by atoms with van der Waals surface area (Å²) in [5.74, 6) is 0.380. The molecule has 20 heavy (non-hydrogen) atoms. The Kier molecular flexibility index (Phi) is 5.80. The molecule has 0 spiro atoms. The molecule has 0 atom stereocenters. The van der Waals surface area contributed by atoms with Gasteiger partial charge in [-0.15, -0.1) is 0 Å². The van der Waals surface area contributed by atoms with Gasteiger partial charge in [-0.25, -0.2) is 4.98 Å². The van der Waals surface area contributed by atoms with Crippen LogP contribution in [-0.4, -0.2) is 30.3 Å². The average molecular weight is 289 g/mol. The first-order chi connectivity index (χ1) is 9.23. The molecular formula is C14H22F3N3. The lowest BCUT2D eigenvalue weighted by Crippen LogP contribution is -2.39. The van der Waals surface area contributed by atoms with Crippen LogP contribution in [0, 0.1) is 6.92 Å². The number of nitrogens with one attached hydrogen (secondary N) is 1. The molecule has 114 valence electrons. The molecule has 0 aliphatic carbocycles. The van der Waals surface area contributed by atoms with Crippen molar-refractivity contribution in [1.82, 2.24) is 10.3 Å². The zero-order chi connectivity index (χ0) is 15.3. The number of halogens is 3. The standard InChI is InChI=1S/C14H22F3N3/c1-5-18-8-12-6-11(4)19-13(7-12)20(10(2)3)9-14(15,16)17/h6-7,10,18H,5,8-9H2,1-4H3. The average Bonchev–Trinajstić information content (AvgIpc) is 2.31. The maximum absolute atomic E-state index is 12.7. The minimum absolute atomic E-state index is 0.266. The normalized spacial score (nSPS) is 12.0. The van der Waals surface area contributed by atoms with Crippen molar-refractivity contribution < 1.29 is 13.2 Å². The Hall–Kier alpha value is -1.30. The van der Waals surface area contributed by atoms with E-state index >= 15 is 0 Å². The number of aryl methyl sites for hydroxylation is 1. The van der Waals surface area contributed by atoms with Gasteiger partial charge in [0.2, 0.25) is 0 Å². The number of hydrogen-bond donors (Lipinski definition) is 1. The van der Waals surface area contributed by atoms with Gasteiger partial charge in [-0.3, -0.25) is 0 Å². The lowest BCUT2D eigenvalue weighted by Gasteiger charge is -2.29. The van der Waals surface area contributed by atoms with Crippen LogP contribution in [-0.2, 0) is 6.54 Å². The Labute approximate surface area is 118 Å². The van der Waals surface area contributed by atoms with Gasteiger partial charge in [0, 0.05) is 18.3 Å². The lowest BCUT2D eigenvalue weighted by molar-refractivity contribution is -0.120. The molecule has 0 aliphatic heterocycles. The molecule has 0 aliphatic rings. The summed E-state index contributed by atoms with van der Waals surface area (Å²) >= 11 is 0. The van der Waals surface area contributed by atoms with Crippen LogP contribution in [0.1, 0.15) is 32.0 Å². The van der Waals surface area contributed by atoms with E-state index in [0.717, 1.165) is 17.8 Å². The summed E-state index contributed by atoms with van der Waals surface area (Å²) in [6, 6.07) is 3.34. The summed E-state index contributed by atoms with van der Waals surface area (Å²) in [6.07, 6.45) is -4.24. The molecule has 3 nitrogen and oxygen atoms in total. The summed E-state index contributed by atoms with van der Waals surface area (Å²) in [6.45, 7) is 7.71. The second kappa shape index (κ2) is 6.92. The van der Waals surface area contributed by atoms with Crippen molar-refractivity contribution in [3.05, 3.63) is 23.4 Å². The second-order valence-electron chi connectivity index (χ2n) is 5.09. The molecule has 0 aromatic carbocycles. The monoisotopic (exact) mass is 289 g/mol. The van der Waals surface area contributed by atoms with Crippen molar-refractivity contribution in [2.24, 2.45) is 0 Å². The molecule has 0 bridgehead atoms. The van der Waals surface area contributed by atoms with E-state index in [1.807, 2.05) is 13.0 Å². The zero-order valence-electron chi connectivity index (χ0n) is 12.4. The van der Waals surface area contributed by atoms with E-state index in [0.29, 0.717) is 12.4 Å². The number of nitrogens with zero attached hydrogens (tertiary/aromatic N) is 2. The first-order valence-electron chi connectivity index (χ1n) is 6.74. The molecule has 0 saturated carbocycles. The second-order valence-corrected chi connectivity index (χ2v) is 5.09. The van der Waals surface area contributed by atoms with Gasteiger partial charge in [0.1, 0.15) is 12.4 Å². The molecule has 0 unspecified atom stereocenters. The van der Waals surface area contributed by atoms with Crippen LogP contribution in [0.2, 0.25) is 0 Å². The van der Waals surface area contributed by atoms with E-state index < -0.39 is 12.7 Å². The maximum Gasteiger partial charge on any atom is 0.405 e. The third kappa shape index (κ3) is 5.36. The fraction of sp³-hybridized carbons (Fsp3) is 0.643. The molecule has 0 radical (unpaired) electrons. The summed E-state index contributed by atoms with van der Waals surface area (Å²) in [4.78, 5) is 5.53. The van der Waals surface area contributed by atoms with E-state index in [4.69, 9.17) is 0 Å². The fourth-order valence-corrected chi connectivity index (χ4v) is 1.96. The van der Waals surface area contributed by atoms with E-state index in [1.165, 1.54) is 4.90 Å². The van der Waals surface area contributed by atoms with Gasteiger partial charge in [-0.1, -0.05) is 6.92 Å². The maximum atomic E-state index is 12.7. The Bertz CT molecular complexity index is 430. The summed E-state index contributed by atoms with van der Waals surface area (Å²) < 4.78 is 38.0. The quantitative estimate of drug-likeness (QED) is 0.871. The highest BCUT2D eigenvalue weighted by molar-refractivity contribution is 5.43. The molecule has 1 heterocycles. The highest BCUT2D eigenvalue weighted by atomic mass is 19.4. The van der Waals surface area contributed by atoms with Crippen molar-refractivity contribution in [3.8, 4) is 0 Å². The smallest absolute Gasteiger partial charge is 0.345 e. The Morgan fingerprint density at radius 3 is 2.45 bits per heavy atom. The molecule has 1 rings (SSSR count). The number of alkyl halides is 3. The topological polar surface area (TPSA) is 28.2 Å². The Balaban J connectivity index is 3.03. The number of aromatic nitrogens is 1. The van der Waals surface area contributed by atoms with Crippen LogP contribution in [0.3, 0.4) is 0 Å². The fourth-order valence-electron chi connectivity index (χ4n) is 1.96. The molecule has 1 aromatic rings. The summed E-state index contributed by atoms with van der Waals surface area (Å²) in [5, 5.41) is 3.17. The van der Waals surface area contributed by atoms with Crippen molar-refractivity contribution in [2.45, 2.75) is 46.5 Å². The molecule has 0 saturated heterocycles. The Morgan fingerprint density at radius 2 is 1.95 bits per heavy atom. The zero-order valence-corrected chi connectivity index (χ0v) is 12.4. The minimum atomic E-state index is -4.24.